The first kappa shape index (κ1) is 27.6. The summed E-state index contributed by atoms with van der Waals surface area (Å²) >= 11 is 0. The molecule has 0 unspecified atom stereocenters. The van der Waals surface area contributed by atoms with Gasteiger partial charge in [-0.05, 0) is 66.0 Å². The highest BCUT2D eigenvalue weighted by Gasteiger charge is 2.18. The summed E-state index contributed by atoms with van der Waals surface area (Å²) in [6.07, 6.45) is 5.79. The van der Waals surface area contributed by atoms with Crippen molar-refractivity contribution in [2.24, 2.45) is 0 Å². The minimum atomic E-state index is 0.721. The van der Waals surface area contributed by atoms with E-state index >= 15 is 0 Å². The number of ether oxygens (including phenoxy) is 1. The lowest BCUT2D eigenvalue weighted by molar-refractivity contribution is 0.483. The van der Waals surface area contributed by atoms with Crippen LogP contribution in [0.4, 0.5) is 17.1 Å². The van der Waals surface area contributed by atoms with Crippen molar-refractivity contribution in [1.82, 2.24) is 19.3 Å². The van der Waals surface area contributed by atoms with E-state index < -0.39 is 0 Å². The molecule has 0 fully saturated rings. The first-order chi connectivity index (χ1) is 23.8. The summed E-state index contributed by atoms with van der Waals surface area (Å²) in [5.74, 6) is 2.33. The number of rotatable bonds is 7. The molecule has 6 aromatic carbocycles. The first-order valence-corrected chi connectivity index (χ1v) is 15.9. The lowest BCUT2D eigenvalue weighted by Crippen LogP contribution is -2.09. The number of hydrogen-bond donors (Lipinski definition) is 0. The van der Waals surface area contributed by atoms with Crippen LogP contribution in [0.3, 0.4) is 0 Å². The van der Waals surface area contributed by atoms with Gasteiger partial charge in [-0.2, -0.15) is 5.10 Å². The Hall–Kier alpha value is -6.66. The molecule has 0 saturated heterocycles. The van der Waals surface area contributed by atoms with Crippen molar-refractivity contribution in [2.45, 2.75) is 0 Å². The third-order valence-electron chi connectivity index (χ3n) is 8.69. The molecule has 3 aromatic heterocycles. The molecule has 228 valence electrons. The maximum absolute atomic E-state index is 6.49. The monoisotopic (exact) mass is 619 g/mol. The smallest absolute Gasteiger partial charge is 0.137 e. The normalized spacial score (nSPS) is 11.3. The van der Waals surface area contributed by atoms with E-state index in [0.29, 0.717) is 0 Å². The molecule has 0 atom stereocenters. The Balaban J connectivity index is 1.07. The van der Waals surface area contributed by atoms with Crippen LogP contribution < -0.4 is 9.64 Å². The average Bonchev–Trinajstić information content (AvgIpc) is 3.76. The van der Waals surface area contributed by atoms with Gasteiger partial charge in [0.05, 0.1) is 40.5 Å². The maximum Gasteiger partial charge on any atom is 0.137 e. The van der Waals surface area contributed by atoms with E-state index in [1.165, 1.54) is 16.2 Å². The Morgan fingerprint density at radius 1 is 0.542 bits per heavy atom. The molecule has 9 aromatic rings. The summed E-state index contributed by atoms with van der Waals surface area (Å²) in [5, 5.41) is 9.49. The van der Waals surface area contributed by atoms with Crippen LogP contribution in [-0.2, 0) is 0 Å². The Labute approximate surface area is 277 Å². The Bertz CT molecular complexity index is 2550. The number of nitrogens with zero attached hydrogens (tertiary/aromatic N) is 5. The predicted molar refractivity (Wildman–Crippen MR) is 194 cm³/mol. The number of pyridine rings is 1. The van der Waals surface area contributed by atoms with E-state index in [2.05, 4.69) is 124 Å². The van der Waals surface area contributed by atoms with Crippen molar-refractivity contribution in [3.05, 3.63) is 176 Å². The largest absolute Gasteiger partial charge is 0.457 e. The number of aromatic nitrogens is 4. The molecule has 3 heterocycles. The predicted octanol–water partition coefficient (Wildman–Crippen LogP) is 10.8. The third kappa shape index (κ3) is 4.84. The zero-order chi connectivity index (χ0) is 31.9. The van der Waals surface area contributed by atoms with E-state index in [1.807, 2.05) is 71.7 Å². The molecule has 0 saturated carbocycles. The van der Waals surface area contributed by atoms with Gasteiger partial charge in [-0.3, -0.25) is 4.57 Å². The second-order valence-corrected chi connectivity index (χ2v) is 11.6. The standard InChI is InChI=1S/C42H29N5O/c1-2-14-31(15-3-1)46(39-21-10-13-30-12-4-5-18-36(30)39)33-28-44-45(29-33)32-16-11-17-34(26-32)48-35-23-24-38-37-19-6-7-20-40(37)47(41(38)27-35)42-22-8-9-25-43-42/h1-29H. The molecule has 9 rings (SSSR count). The van der Waals surface area contributed by atoms with Gasteiger partial charge >= 0.3 is 0 Å². The van der Waals surface area contributed by atoms with Crippen molar-refractivity contribution in [3.63, 3.8) is 0 Å². The minimum absolute atomic E-state index is 0.721. The molecule has 0 radical (unpaired) electrons. The molecule has 0 amide bonds. The molecule has 6 heteroatoms. The minimum Gasteiger partial charge on any atom is -0.457 e. The van der Waals surface area contributed by atoms with Gasteiger partial charge in [-0.1, -0.05) is 84.9 Å². The number of anilines is 3. The maximum atomic E-state index is 6.49. The van der Waals surface area contributed by atoms with Crippen LogP contribution in [-0.4, -0.2) is 19.3 Å². The van der Waals surface area contributed by atoms with E-state index in [9.17, 15) is 0 Å². The van der Waals surface area contributed by atoms with E-state index in [4.69, 9.17) is 9.84 Å². The number of para-hydroxylation sites is 2. The van der Waals surface area contributed by atoms with Crippen LogP contribution in [0.1, 0.15) is 0 Å². The number of benzene rings is 6. The second-order valence-electron chi connectivity index (χ2n) is 11.6. The lowest BCUT2D eigenvalue weighted by atomic mass is 10.1. The van der Waals surface area contributed by atoms with Crippen molar-refractivity contribution in [2.75, 3.05) is 4.90 Å². The van der Waals surface area contributed by atoms with Gasteiger partial charge in [0.1, 0.15) is 17.3 Å². The number of hydrogen-bond acceptors (Lipinski definition) is 4. The van der Waals surface area contributed by atoms with E-state index in [1.54, 1.807) is 0 Å². The van der Waals surface area contributed by atoms with Gasteiger partial charge in [0.15, 0.2) is 0 Å². The van der Waals surface area contributed by atoms with Gasteiger partial charge in [-0.25, -0.2) is 9.67 Å². The topological polar surface area (TPSA) is 48.1 Å². The Morgan fingerprint density at radius 3 is 2.19 bits per heavy atom. The van der Waals surface area contributed by atoms with Crippen LogP contribution in [0.5, 0.6) is 11.5 Å². The quantitative estimate of drug-likeness (QED) is 0.178. The molecule has 48 heavy (non-hydrogen) atoms. The fourth-order valence-electron chi connectivity index (χ4n) is 6.55. The first-order valence-electron chi connectivity index (χ1n) is 15.9. The van der Waals surface area contributed by atoms with Gasteiger partial charge in [0.25, 0.3) is 0 Å². The van der Waals surface area contributed by atoms with Crippen LogP contribution in [0.2, 0.25) is 0 Å². The molecular weight excluding hydrogens is 590 g/mol. The highest BCUT2D eigenvalue weighted by atomic mass is 16.5. The Morgan fingerprint density at radius 2 is 1.29 bits per heavy atom. The molecule has 0 aliphatic heterocycles. The molecule has 0 aliphatic carbocycles. The van der Waals surface area contributed by atoms with Gasteiger partial charge < -0.3 is 9.64 Å². The highest BCUT2D eigenvalue weighted by Crippen LogP contribution is 2.39. The fraction of sp³-hybridized carbons (Fsp3) is 0. The lowest BCUT2D eigenvalue weighted by Gasteiger charge is -2.25. The molecular formula is C42H29N5O. The van der Waals surface area contributed by atoms with Crippen molar-refractivity contribution in [1.29, 1.82) is 0 Å². The summed E-state index contributed by atoms with van der Waals surface area (Å²) in [5.41, 5.74) is 6.14. The van der Waals surface area contributed by atoms with Crippen molar-refractivity contribution >= 4 is 49.6 Å². The van der Waals surface area contributed by atoms with Crippen LogP contribution in [0, 0.1) is 0 Å². The van der Waals surface area contributed by atoms with Crippen molar-refractivity contribution < 1.29 is 4.74 Å². The molecule has 0 N–H and O–H groups in total. The molecule has 0 aliphatic rings. The zero-order valence-corrected chi connectivity index (χ0v) is 25.9. The fourth-order valence-corrected chi connectivity index (χ4v) is 6.55. The van der Waals surface area contributed by atoms with E-state index in [-0.39, 0.29) is 0 Å². The Kier molecular flexibility index (Phi) is 6.68. The van der Waals surface area contributed by atoms with Gasteiger partial charge in [-0.15, -0.1) is 0 Å². The van der Waals surface area contributed by atoms with Crippen LogP contribution >= 0.6 is 0 Å². The average molecular weight is 620 g/mol. The van der Waals surface area contributed by atoms with Crippen LogP contribution in [0.15, 0.2) is 176 Å². The number of fused-ring (bicyclic) bond motifs is 4. The third-order valence-corrected chi connectivity index (χ3v) is 8.69. The van der Waals surface area contributed by atoms with Gasteiger partial charge in [0, 0.05) is 40.2 Å². The summed E-state index contributed by atoms with van der Waals surface area (Å²) in [7, 11) is 0. The van der Waals surface area contributed by atoms with Gasteiger partial charge in [0.2, 0.25) is 0 Å². The summed E-state index contributed by atoms with van der Waals surface area (Å²) < 4.78 is 10.6. The summed E-state index contributed by atoms with van der Waals surface area (Å²) in [6, 6.07) is 53.9. The second kappa shape index (κ2) is 11.6. The highest BCUT2D eigenvalue weighted by molar-refractivity contribution is 6.09. The molecule has 0 bridgehead atoms. The summed E-state index contributed by atoms with van der Waals surface area (Å²) in [4.78, 5) is 6.91. The molecule has 0 spiro atoms. The van der Waals surface area contributed by atoms with Crippen molar-refractivity contribution in [3.8, 4) is 23.0 Å². The zero-order valence-electron chi connectivity index (χ0n) is 25.9. The van der Waals surface area contributed by atoms with Crippen LogP contribution in [0.25, 0.3) is 44.1 Å². The molecule has 6 nitrogen and oxygen atoms in total. The summed E-state index contributed by atoms with van der Waals surface area (Å²) in [6.45, 7) is 0. The SMILES string of the molecule is c1ccc(N(c2cnn(-c3cccc(Oc4ccc5c6ccccc6n(-c6ccccn6)c5c4)c3)c2)c2cccc3ccccc23)cc1. The van der Waals surface area contributed by atoms with E-state index in [0.717, 1.165) is 56.5 Å².